The zero-order valence-corrected chi connectivity index (χ0v) is 8.10. The van der Waals surface area contributed by atoms with Gasteiger partial charge < -0.3 is 0 Å². The topological polar surface area (TPSA) is 49.2 Å². The fourth-order valence-electron chi connectivity index (χ4n) is 1.46. The first-order chi connectivity index (χ1) is 6.70. The number of rotatable bonds is 1. The molecule has 1 N–H and O–H groups in total. The lowest BCUT2D eigenvalue weighted by Crippen LogP contribution is -2.13. The van der Waals surface area contributed by atoms with E-state index in [0.29, 0.717) is 5.82 Å². The van der Waals surface area contributed by atoms with Gasteiger partial charge in [0.05, 0.1) is 5.69 Å². The molecule has 2 rings (SSSR count). The summed E-state index contributed by atoms with van der Waals surface area (Å²) in [6, 6.07) is 7.74. The number of benzene rings is 1. The first kappa shape index (κ1) is 8.90. The van der Waals surface area contributed by atoms with Crippen molar-refractivity contribution in [1.29, 1.82) is 0 Å². The summed E-state index contributed by atoms with van der Waals surface area (Å²) < 4.78 is 0. The van der Waals surface area contributed by atoms with Crippen LogP contribution in [0.5, 0.6) is 0 Å². The van der Waals surface area contributed by atoms with Crippen molar-refractivity contribution >= 4 is 16.6 Å². The van der Waals surface area contributed by atoms with E-state index in [1.54, 1.807) is 0 Å². The Hall–Kier alpha value is -1.68. The lowest BCUT2D eigenvalue weighted by Gasteiger charge is -2.11. The van der Waals surface area contributed by atoms with Crippen molar-refractivity contribution in [2.45, 2.75) is 6.92 Å². The molecule has 0 aliphatic rings. The van der Waals surface area contributed by atoms with E-state index in [-0.39, 0.29) is 0 Å². The molecule has 4 nitrogen and oxygen atoms in total. The molecule has 0 aliphatic carbocycles. The molecule has 0 unspecified atom stereocenters. The minimum Gasteiger partial charge on any atom is -0.287 e. The van der Waals surface area contributed by atoms with Gasteiger partial charge in [-0.25, -0.2) is 5.06 Å². The van der Waals surface area contributed by atoms with Gasteiger partial charge in [0.15, 0.2) is 5.82 Å². The Morgan fingerprint density at radius 2 is 1.79 bits per heavy atom. The highest BCUT2D eigenvalue weighted by Gasteiger charge is 2.07. The van der Waals surface area contributed by atoms with Crippen molar-refractivity contribution in [3.05, 3.63) is 30.0 Å². The van der Waals surface area contributed by atoms with E-state index in [4.69, 9.17) is 0 Å². The number of fused-ring (bicyclic) bond motifs is 1. The van der Waals surface area contributed by atoms with Crippen LogP contribution < -0.4 is 5.06 Å². The van der Waals surface area contributed by atoms with Gasteiger partial charge in [-0.1, -0.05) is 24.3 Å². The van der Waals surface area contributed by atoms with Crippen molar-refractivity contribution in [3.8, 4) is 0 Å². The molecule has 2 aromatic rings. The lowest BCUT2D eigenvalue weighted by atomic mass is 10.1. The SMILES string of the molecule is Cc1nnc(N(C)O)c2ccccc12. The molecule has 0 radical (unpaired) electrons. The smallest absolute Gasteiger partial charge is 0.182 e. The van der Waals surface area contributed by atoms with Crippen LogP contribution in [0.15, 0.2) is 24.3 Å². The van der Waals surface area contributed by atoms with Crippen molar-refractivity contribution in [1.82, 2.24) is 10.2 Å². The van der Waals surface area contributed by atoms with Crippen LogP contribution in [0.1, 0.15) is 5.69 Å². The van der Waals surface area contributed by atoms with Gasteiger partial charge in [-0.2, -0.15) is 5.10 Å². The van der Waals surface area contributed by atoms with Crippen LogP contribution in [0.3, 0.4) is 0 Å². The zero-order valence-electron chi connectivity index (χ0n) is 8.10. The molecule has 1 heterocycles. The average molecular weight is 189 g/mol. The van der Waals surface area contributed by atoms with Gasteiger partial charge in [-0.3, -0.25) is 5.21 Å². The van der Waals surface area contributed by atoms with Crippen molar-refractivity contribution in [2.24, 2.45) is 0 Å². The molecule has 0 saturated carbocycles. The Balaban J connectivity index is 2.82. The Morgan fingerprint density at radius 3 is 2.43 bits per heavy atom. The van der Waals surface area contributed by atoms with Crippen LogP contribution >= 0.6 is 0 Å². The number of hydrogen-bond donors (Lipinski definition) is 1. The predicted octanol–water partition coefficient (Wildman–Crippen LogP) is 1.76. The monoisotopic (exact) mass is 189 g/mol. The van der Waals surface area contributed by atoms with Gasteiger partial charge in [0.25, 0.3) is 0 Å². The number of aromatic nitrogens is 2. The molecule has 0 amide bonds. The summed E-state index contributed by atoms with van der Waals surface area (Å²) in [7, 11) is 1.53. The number of nitrogens with zero attached hydrogens (tertiary/aromatic N) is 3. The van der Waals surface area contributed by atoms with Crippen LogP contribution in [0.2, 0.25) is 0 Å². The second kappa shape index (κ2) is 3.23. The summed E-state index contributed by atoms with van der Waals surface area (Å²) in [6.45, 7) is 1.90. The fraction of sp³-hybridized carbons (Fsp3) is 0.200. The van der Waals surface area contributed by atoms with Crippen LogP contribution in [0, 0.1) is 6.92 Å². The van der Waals surface area contributed by atoms with Crippen molar-refractivity contribution < 1.29 is 5.21 Å². The van der Waals surface area contributed by atoms with Gasteiger partial charge in [0, 0.05) is 17.8 Å². The maximum atomic E-state index is 9.34. The molecule has 0 spiro atoms. The summed E-state index contributed by atoms with van der Waals surface area (Å²) in [5.41, 5.74) is 0.867. The quantitative estimate of drug-likeness (QED) is 0.694. The highest BCUT2D eigenvalue weighted by atomic mass is 16.5. The maximum Gasteiger partial charge on any atom is 0.182 e. The third kappa shape index (κ3) is 1.29. The average Bonchev–Trinajstić information content (AvgIpc) is 2.18. The number of anilines is 1. The molecule has 1 aromatic heterocycles. The Labute approximate surface area is 81.8 Å². The van der Waals surface area contributed by atoms with Crippen LogP contribution in [0.25, 0.3) is 10.8 Å². The minimum absolute atomic E-state index is 0.478. The van der Waals surface area contributed by atoms with E-state index < -0.39 is 0 Å². The van der Waals surface area contributed by atoms with Crippen molar-refractivity contribution in [2.75, 3.05) is 12.1 Å². The molecule has 0 aliphatic heterocycles. The number of hydroxylamine groups is 1. The molecular weight excluding hydrogens is 178 g/mol. The zero-order chi connectivity index (χ0) is 10.1. The van der Waals surface area contributed by atoms with E-state index in [2.05, 4.69) is 10.2 Å². The molecule has 72 valence electrons. The molecule has 0 atom stereocenters. The lowest BCUT2D eigenvalue weighted by molar-refractivity contribution is 0.276. The Kier molecular flexibility index (Phi) is 2.05. The van der Waals surface area contributed by atoms with E-state index in [9.17, 15) is 5.21 Å². The largest absolute Gasteiger partial charge is 0.287 e. The standard InChI is InChI=1S/C10H11N3O/c1-7-8-5-3-4-6-9(8)10(12-11-7)13(2)14/h3-6,14H,1-2H3. The third-order valence-electron chi connectivity index (χ3n) is 2.16. The van der Waals surface area contributed by atoms with Crippen molar-refractivity contribution in [3.63, 3.8) is 0 Å². The summed E-state index contributed by atoms with van der Waals surface area (Å²) in [4.78, 5) is 0. The van der Waals surface area contributed by atoms with Crippen LogP contribution in [-0.2, 0) is 0 Å². The highest BCUT2D eigenvalue weighted by Crippen LogP contribution is 2.23. The summed E-state index contributed by atoms with van der Waals surface area (Å²) in [5.74, 6) is 0.478. The van der Waals surface area contributed by atoms with Gasteiger partial charge >= 0.3 is 0 Å². The molecule has 14 heavy (non-hydrogen) atoms. The summed E-state index contributed by atoms with van der Waals surface area (Å²) >= 11 is 0. The predicted molar refractivity (Wildman–Crippen MR) is 54.5 cm³/mol. The van der Waals surface area contributed by atoms with Gasteiger partial charge in [0.2, 0.25) is 0 Å². The van der Waals surface area contributed by atoms with E-state index >= 15 is 0 Å². The fourth-order valence-corrected chi connectivity index (χ4v) is 1.46. The molecular formula is C10H11N3O. The number of aryl methyl sites for hydroxylation is 1. The summed E-state index contributed by atoms with van der Waals surface area (Å²) in [6.07, 6.45) is 0. The third-order valence-corrected chi connectivity index (χ3v) is 2.16. The number of hydrogen-bond acceptors (Lipinski definition) is 4. The van der Waals surface area contributed by atoms with Crippen LogP contribution in [-0.4, -0.2) is 22.5 Å². The highest BCUT2D eigenvalue weighted by molar-refractivity contribution is 5.92. The minimum atomic E-state index is 0.478. The Morgan fingerprint density at radius 1 is 1.14 bits per heavy atom. The summed E-state index contributed by atoms with van der Waals surface area (Å²) in [5, 5.41) is 20.2. The normalized spacial score (nSPS) is 10.5. The maximum absolute atomic E-state index is 9.34. The van der Waals surface area contributed by atoms with Gasteiger partial charge in [-0.15, -0.1) is 5.10 Å². The molecule has 0 fully saturated rings. The van der Waals surface area contributed by atoms with E-state index in [0.717, 1.165) is 21.5 Å². The molecule has 0 saturated heterocycles. The van der Waals surface area contributed by atoms with E-state index in [1.165, 1.54) is 7.05 Å². The first-order valence-corrected chi connectivity index (χ1v) is 4.35. The molecule has 1 aromatic carbocycles. The second-order valence-electron chi connectivity index (χ2n) is 3.18. The molecule has 4 heteroatoms. The van der Waals surface area contributed by atoms with Gasteiger partial charge in [-0.05, 0) is 6.92 Å². The van der Waals surface area contributed by atoms with Crippen LogP contribution in [0.4, 0.5) is 5.82 Å². The second-order valence-corrected chi connectivity index (χ2v) is 3.18. The van der Waals surface area contributed by atoms with E-state index in [1.807, 2.05) is 31.2 Å². The Bertz CT molecular complexity index is 468. The first-order valence-electron chi connectivity index (χ1n) is 4.35. The van der Waals surface area contributed by atoms with Gasteiger partial charge in [0.1, 0.15) is 0 Å². The molecule has 0 bridgehead atoms.